The molecule has 0 spiro atoms. The minimum Gasteiger partial charge on any atom is -0.377 e. The predicted octanol–water partition coefficient (Wildman–Crippen LogP) is 1.46. The van der Waals surface area contributed by atoms with E-state index < -0.39 is 0 Å². The second kappa shape index (κ2) is 8.31. The van der Waals surface area contributed by atoms with E-state index in [1.807, 2.05) is 13.8 Å². The first-order valence-corrected chi connectivity index (χ1v) is 9.62. The van der Waals surface area contributed by atoms with E-state index >= 15 is 0 Å². The molecule has 1 aromatic heterocycles. The summed E-state index contributed by atoms with van der Waals surface area (Å²) in [6.07, 6.45) is 4.67. The number of carbonyl (C=O) groups excluding carboxylic acids is 2. The Morgan fingerprint density at radius 1 is 1.23 bits per heavy atom. The molecule has 1 amide bonds. The number of Topliss-reactive ketones (excluding diaryl/α,β-unsaturated/α-hetero) is 1. The van der Waals surface area contributed by atoms with E-state index in [-0.39, 0.29) is 24.3 Å². The lowest BCUT2D eigenvalue weighted by molar-refractivity contribution is -0.122. The molecule has 2 fully saturated rings. The highest BCUT2D eigenvalue weighted by atomic mass is 16.5. The first-order valence-electron chi connectivity index (χ1n) is 9.62. The van der Waals surface area contributed by atoms with Crippen LogP contribution in [-0.4, -0.2) is 64.8 Å². The molecule has 0 bridgehead atoms. The molecule has 0 saturated carbocycles. The summed E-state index contributed by atoms with van der Waals surface area (Å²) >= 11 is 0. The standard InChI is InChI=1S/C19H30N4O3/c1-13-19(15(3)24)14(2)23(21-13)12-18(25)20-16-6-8-22(9-7-16)11-17-5-4-10-26-17/h16-17H,4-12H2,1-3H3,(H,20,25). The van der Waals surface area contributed by atoms with E-state index in [1.54, 1.807) is 4.68 Å². The average molecular weight is 362 g/mol. The van der Waals surface area contributed by atoms with Crippen molar-refractivity contribution in [3.05, 3.63) is 17.0 Å². The zero-order chi connectivity index (χ0) is 18.7. The Labute approximate surface area is 155 Å². The van der Waals surface area contributed by atoms with Crippen molar-refractivity contribution in [1.82, 2.24) is 20.0 Å². The Kier molecular flexibility index (Phi) is 6.09. The number of rotatable bonds is 6. The number of amides is 1. The molecule has 26 heavy (non-hydrogen) atoms. The Bertz CT molecular complexity index is 656. The minimum absolute atomic E-state index is 0.00901. The number of hydrogen-bond donors (Lipinski definition) is 1. The molecule has 3 heterocycles. The lowest BCUT2D eigenvalue weighted by Crippen LogP contribution is -2.47. The maximum atomic E-state index is 12.4. The summed E-state index contributed by atoms with van der Waals surface area (Å²) in [6.45, 7) is 9.25. The van der Waals surface area contributed by atoms with Gasteiger partial charge in [-0.15, -0.1) is 0 Å². The Hall–Kier alpha value is -1.73. The molecule has 1 unspecified atom stereocenters. The maximum absolute atomic E-state index is 12.4. The van der Waals surface area contributed by atoms with Crippen molar-refractivity contribution in [1.29, 1.82) is 0 Å². The lowest BCUT2D eigenvalue weighted by Gasteiger charge is -2.33. The molecule has 2 saturated heterocycles. The maximum Gasteiger partial charge on any atom is 0.241 e. The van der Waals surface area contributed by atoms with Crippen molar-refractivity contribution >= 4 is 11.7 Å². The Morgan fingerprint density at radius 2 is 1.96 bits per heavy atom. The SMILES string of the molecule is CC(=O)c1c(C)nn(CC(=O)NC2CCN(CC3CCCO3)CC2)c1C. The van der Waals surface area contributed by atoms with Crippen molar-refractivity contribution in [2.75, 3.05) is 26.2 Å². The van der Waals surface area contributed by atoms with E-state index in [9.17, 15) is 9.59 Å². The number of nitrogens with zero attached hydrogens (tertiary/aromatic N) is 3. The summed E-state index contributed by atoms with van der Waals surface area (Å²) in [4.78, 5) is 26.5. The van der Waals surface area contributed by atoms with Gasteiger partial charge in [0.25, 0.3) is 0 Å². The Balaban J connectivity index is 1.46. The van der Waals surface area contributed by atoms with E-state index in [4.69, 9.17) is 4.74 Å². The second-order valence-corrected chi connectivity index (χ2v) is 7.54. The highest BCUT2D eigenvalue weighted by Gasteiger charge is 2.25. The normalized spacial score (nSPS) is 21.9. The Morgan fingerprint density at radius 3 is 2.54 bits per heavy atom. The molecule has 0 aliphatic carbocycles. The first kappa shape index (κ1) is 19.0. The van der Waals surface area contributed by atoms with E-state index in [0.29, 0.717) is 17.4 Å². The van der Waals surface area contributed by atoms with Crippen LogP contribution in [0.1, 0.15) is 54.4 Å². The van der Waals surface area contributed by atoms with Crippen LogP contribution in [0.25, 0.3) is 0 Å². The van der Waals surface area contributed by atoms with Gasteiger partial charge in [0, 0.05) is 38.0 Å². The fraction of sp³-hybridized carbons (Fsp3) is 0.737. The average Bonchev–Trinajstić information content (AvgIpc) is 3.17. The van der Waals surface area contributed by atoms with Gasteiger partial charge in [-0.3, -0.25) is 14.3 Å². The zero-order valence-electron chi connectivity index (χ0n) is 16.1. The largest absolute Gasteiger partial charge is 0.377 e. The molecule has 1 aromatic rings. The molecular formula is C19H30N4O3. The van der Waals surface area contributed by atoms with Gasteiger partial charge >= 0.3 is 0 Å². The number of ether oxygens (including phenoxy) is 1. The van der Waals surface area contributed by atoms with Gasteiger partial charge in [0.1, 0.15) is 6.54 Å². The molecule has 144 valence electrons. The summed E-state index contributed by atoms with van der Waals surface area (Å²) < 4.78 is 7.34. The fourth-order valence-corrected chi connectivity index (χ4v) is 4.11. The summed E-state index contributed by atoms with van der Waals surface area (Å²) in [7, 11) is 0. The number of aromatic nitrogens is 2. The number of carbonyl (C=O) groups is 2. The lowest BCUT2D eigenvalue weighted by atomic mass is 10.0. The smallest absolute Gasteiger partial charge is 0.241 e. The molecule has 7 heteroatoms. The van der Waals surface area contributed by atoms with Gasteiger partial charge in [-0.25, -0.2) is 0 Å². The number of hydrogen-bond acceptors (Lipinski definition) is 5. The van der Waals surface area contributed by atoms with Gasteiger partial charge in [-0.05, 0) is 46.5 Å². The quantitative estimate of drug-likeness (QED) is 0.776. The number of nitrogens with one attached hydrogen (secondary N) is 1. The second-order valence-electron chi connectivity index (χ2n) is 7.54. The van der Waals surface area contributed by atoms with E-state index in [1.165, 1.54) is 19.8 Å². The summed E-state index contributed by atoms with van der Waals surface area (Å²) in [5.41, 5.74) is 2.07. The zero-order valence-corrected chi connectivity index (χ0v) is 16.1. The third-order valence-corrected chi connectivity index (χ3v) is 5.47. The molecule has 2 aliphatic heterocycles. The van der Waals surface area contributed by atoms with Gasteiger partial charge in [-0.2, -0.15) is 5.10 Å². The van der Waals surface area contributed by atoms with Gasteiger partial charge in [-0.1, -0.05) is 0 Å². The van der Waals surface area contributed by atoms with E-state index in [2.05, 4.69) is 15.3 Å². The number of likely N-dealkylation sites (tertiary alicyclic amines) is 1. The highest BCUT2D eigenvalue weighted by molar-refractivity contribution is 5.96. The topological polar surface area (TPSA) is 76.5 Å². The van der Waals surface area contributed by atoms with Crippen LogP contribution in [0, 0.1) is 13.8 Å². The molecule has 1 N–H and O–H groups in total. The monoisotopic (exact) mass is 362 g/mol. The first-order chi connectivity index (χ1) is 12.4. The van der Waals surface area contributed by atoms with Crippen molar-refractivity contribution in [2.24, 2.45) is 0 Å². The van der Waals surface area contributed by atoms with Gasteiger partial charge in [0.15, 0.2) is 5.78 Å². The summed E-state index contributed by atoms with van der Waals surface area (Å²) in [6, 6.07) is 0.215. The molecular weight excluding hydrogens is 332 g/mol. The third-order valence-electron chi connectivity index (χ3n) is 5.47. The van der Waals surface area contributed by atoms with Crippen LogP contribution in [0.15, 0.2) is 0 Å². The molecule has 1 atom stereocenters. The van der Waals surface area contributed by atoms with Crippen LogP contribution in [0.3, 0.4) is 0 Å². The van der Waals surface area contributed by atoms with Gasteiger partial charge < -0.3 is 15.0 Å². The van der Waals surface area contributed by atoms with Crippen LogP contribution in [-0.2, 0) is 16.1 Å². The third kappa shape index (κ3) is 4.51. The van der Waals surface area contributed by atoms with Crippen molar-refractivity contribution in [3.63, 3.8) is 0 Å². The van der Waals surface area contributed by atoms with Crippen LogP contribution in [0.4, 0.5) is 0 Å². The van der Waals surface area contributed by atoms with Crippen LogP contribution < -0.4 is 5.32 Å². The van der Waals surface area contributed by atoms with Gasteiger partial charge in [0.05, 0.1) is 17.4 Å². The molecule has 0 radical (unpaired) electrons. The number of ketones is 1. The number of piperidine rings is 1. The van der Waals surface area contributed by atoms with Crippen molar-refractivity contribution in [3.8, 4) is 0 Å². The molecule has 2 aliphatic rings. The van der Waals surface area contributed by atoms with Crippen LogP contribution in [0.5, 0.6) is 0 Å². The van der Waals surface area contributed by atoms with Crippen LogP contribution >= 0.6 is 0 Å². The summed E-state index contributed by atoms with van der Waals surface area (Å²) in [5, 5.41) is 7.47. The van der Waals surface area contributed by atoms with E-state index in [0.717, 1.165) is 44.8 Å². The van der Waals surface area contributed by atoms with Gasteiger partial charge in [0.2, 0.25) is 5.91 Å². The molecule has 3 rings (SSSR count). The highest BCUT2D eigenvalue weighted by Crippen LogP contribution is 2.17. The fourth-order valence-electron chi connectivity index (χ4n) is 4.11. The minimum atomic E-state index is -0.0386. The van der Waals surface area contributed by atoms with Crippen molar-refractivity contribution < 1.29 is 14.3 Å². The molecule has 0 aromatic carbocycles. The number of aryl methyl sites for hydroxylation is 1. The molecule has 7 nitrogen and oxygen atoms in total. The van der Waals surface area contributed by atoms with Crippen molar-refractivity contribution in [2.45, 2.75) is 65.1 Å². The predicted molar refractivity (Wildman–Crippen MR) is 98.3 cm³/mol. The summed E-state index contributed by atoms with van der Waals surface area (Å²) in [5.74, 6) is -0.0476. The van der Waals surface area contributed by atoms with Crippen LogP contribution in [0.2, 0.25) is 0 Å².